The Kier molecular flexibility index (Phi) is 3.58. The van der Waals surface area contributed by atoms with E-state index in [4.69, 9.17) is 0 Å². The summed E-state index contributed by atoms with van der Waals surface area (Å²) in [5, 5.41) is 2.66. The molecular formula is C12H9IN2O2. The van der Waals surface area contributed by atoms with E-state index in [9.17, 15) is 9.59 Å². The average Bonchev–Trinajstić information content (AvgIpc) is 2.32. The number of hydrogen-bond acceptors (Lipinski definition) is 2. The Morgan fingerprint density at radius 1 is 1.18 bits per heavy atom. The monoisotopic (exact) mass is 340 g/mol. The van der Waals surface area contributed by atoms with Crippen molar-refractivity contribution in [2.24, 2.45) is 0 Å². The molecule has 0 radical (unpaired) electrons. The van der Waals surface area contributed by atoms with Gasteiger partial charge in [-0.15, -0.1) is 0 Å². The number of rotatable bonds is 2. The molecule has 2 rings (SSSR count). The van der Waals surface area contributed by atoms with Crippen LogP contribution in [-0.4, -0.2) is 10.9 Å². The lowest BCUT2D eigenvalue weighted by Gasteiger charge is -2.04. The van der Waals surface area contributed by atoms with Gasteiger partial charge in [-0.1, -0.05) is 0 Å². The maximum atomic E-state index is 11.8. The highest BCUT2D eigenvalue weighted by Gasteiger charge is 2.09. The molecule has 1 amide bonds. The SMILES string of the molecule is O=C(Nc1ccc(I)cc1)c1c[nH]ccc1=O. The summed E-state index contributed by atoms with van der Waals surface area (Å²) in [7, 11) is 0. The Morgan fingerprint density at radius 2 is 1.88 bits per heavy atom. The number of carbonyl (C=O) groups is 1. The summed E-state index contributed by atoms with van der Waals surface area (Å²) in [6, 6.07) is 8.66. The van der Waals surface area contributed by atoms with Crippen LogP contribution in [0.5, 0.6) is 0 Å². The number of hydrogen-bond donors (Lipinski definition) is 2. The van der Waals surface area contributed by atoms with Crippen LogP contribution in [0.15, 0.2) is 47.5 Å². The van der Waals surface area contributed by atoms with Crippen LogP contribution in [0.3, 0.4) is 0 Å². The Balaban J connectivity index is 2.20. The number of aromatic amines is 1. The molecule has 2 aromatic rings. The lowest BCUT2D eigenvalue weighted by Crippen LogP contribution is -2.20. The fourth-order valence-corrected chi connectivity index (χ4v) is 1.68. The highest BCUT2D eigenvalue weighted by atomic mass is 127. The molecule has 0 unspecified atom stereocenters. The van der Waals surface area contributed by atoms with Gasteiger partial charge < -0.3 is 10.3 Å². The maximum absolute atomic E-state index is 11.8. The number of carbonyl (C=O) groups excluding carboxylic acids is 1. The van der Waals surface area contributed by atoms with Crippen molar-refractivity contribution in [2.45, 2.75) is 0 Å². The van der Waals surface area contributed by atoms with Gasteiger partial charge in [0, 0.05) is 27.7 Å². The van der Waals surface area contributed by atoms with Crippen LogP contribution in [0.1, 0.15) is 10.4 Å². The molecule has 0 aliphatic rings. The van der Waals surface area contributed by atoms with Gasteiger partial charge in [-0.2, -0.15) is 0 Å². The number of benzene rings is 1. The Hall–Kier alpha value is -1.63. The first-order valence-corrected chi connectivity index (χ1v) is 5.99. The zero-order valence-electron chi connectivity index (χ0n) is 8.74. The summed E-state index contributed by atoms with van der Waals surface area (Å²) in [4.78, 5) is 25.9. The number of pyridine rings is 1. The molecule has 0 spiro atoms. The Labute approximate surface area is 111 Å². The molecule has 0 aliphatic carbocycles. The summed E-state index contributed by atoms with van der Waals surface area (Å²) >= 11 is 2.18. The standard InChI is InChI=1S/C12H9IN2O2/c13-8-1-3-9(4-2-8)15-12(17)10-7-14-6-5-11(10)16/h1-7H,(H,14,16)(H,15,17). The summed E-state index contributed by atoms with van der Waals surface area (Å²) < 4.78 is 1.08. The first-order chi connectivity index (χ1) is 8.16. The van der Waals surface area contributed by atoms with Crippen molar-refractivity contribution >= 4 is 34.2 Å². The van der Waals surface area contributed by atoms with Gasteiger partial charge >= 0.3 is 0 Å². The second-order valence-corrected chi connectivity index (χ2v) is 4.63. The van der Waals surface area contributed by atoms with Crippen molar-refractivity contribution in [1.29, 1.82) is 0 Å². The Morgan fingerprint density at radius 3 is 2.53 bits per heavy atom. The maximum Gasteiger partial charge on any atom is 0.261 e. The smallest absolute Gasteiger partial charge is 0.261 e. The van der Waals surface area contributed by atoms with E-state index in [1.54, 1.807) is 12.1 Å². The topological polar surface area (TPSA) is 62.0 Å². The van der Waals surface area contributed by atoms with Gasteiger partial charge in [0.25, 0.3) is 5.91 Å². The van der Waals surface area contributed by atoms with E-state index in [2.05, 4.69) is 32.9 Å². The number of nitrogens with one attached hydrogen (secondary N) is 2. The number of aromatic nitrogens is 1. The van der Waals surface area contributed by atoms with E-state index >= 15 is 0 Å². The van der Waals surface area contributed by atoms with E-state index in [0.717, 1.165) is 3.57 Å². The number of halogens is 1. The minimum absolute atomic E-state index is 0.103. The fraction of sp³-hybridized carbons (Fsp3) is 0. The molecule has 5 heteroatoms. The van der Waals surface area contributed by atoms with Crippen molar-refractivity contribution in [1.82, 2.24) is 4.98 Å². The molecule has 1 aromatic heterocycles. The number of amides is 1. The zero-order chi connectivity index (χ0) is 12.3. The largest absolute Gasteiger partial charge is 0.367 e. The molecule has 2 N–H and O–H groups in total. The van der Waals surface area contributed by atoms with Crippen LogP contribution in [0.4, 0.5) is 5.69 Å². The van der Waals surface area contributed by atoms with Crippen LogP contribution in [0.2, 0.25) is 0 Å². The van der Waals surface area contributed by atoms with E-state index in [1.807, 2.05) is 12.1 Å². The van der Waals surface area contributed by atoms with E-state index in [0.29, 0.717) is 5.69 Å². The van der Waals surface area contributed by atoms with Gasteiger partial charge in [0.2, 0.25) is 0 Å². The lowest BCUT2D eigenvalue weighted by atomic mass is 10.2. The molecule has 0 saturated heterocycles. The van der Waals surface area contributed by atoms with Gasteiger partial charge in [0.1, 0.15) is 5.56 Å². The van der Waals surface area contributed by atoms with Crippen LogP contribution in [0.25, 0.3) is 0 Å². The number of anilines is 1. The predicted molar refractivity (Wildman–Crippen MR) is 74.2 cm³/mol. The van der Waals surface area contributed by atoms with Crippen molar-refractivity contribution < 1.29 is 4.79 Å². The van der Waals surface area contributed by atoms with E-state index in [1.165, 1.54) is 18.5 Å². The van der Waals surface area contributed by atoms with Gasteiger partial charge in [-0.05, 0) is 46.9 Å². The fourth-order valence-electron chi connectivity index (χ4n) is 1.33. The van der Waals surface area contributed by atoms with Gasteiger partial charge in [-0.3, -0.25) is 9.59 Å². The molecule has 1 heterocycles. The second kappa shape index (κ2) is 5.13. The van der Waals surface area contributed by atoms with Crippen molar-refractivity contribution in [3.63, 3.8) is 0 Å². The summed E-state index contributed by atoms with van der Waals surface area (Å²) in [6.07, 6.45) is 2.88. The summed E-state index contributed by atoms with van der Waals surface area (Å²) in [5.74, 6) is -0.409. The van der Waals surface area contributed by atoms with Crippen molar-refractivity contribution in [3.05, 3.63) is 62.1 Å². The molecule has 0 fully saturated rings. The second-order valence-electron chi connectivity index (χ2n) is 3.38. The third-order valence-electron chi connectivity index (χ3n) is 2.17. The third kappa shape index (κ3) is 2.94. The molecule has 86 valence electrons. The predicted octanol–water partition coefficient (Wildman–Crippen LogP) is 2.23. The first-order valence-electron chi connectivity index (χ1n) is 4.91. The molecule has 0 bridgehead atoms. The molecule has 0 aliphatic heterocycles. The van der Waals surface area contributed by atoms with Gasteiger partial charge in [0.15, 0.2) is 5.43 Å². The third-order valence-corrected chi connectivity index (χ3v) is 2.89. The molecule has 0 atom stereocenters. The van der Waals surface area contributed by atoms with Gasteiger partial charge in [0.05, 0.1) is 0 Å². The minimum Gasteiger partial charge on any atom is -0.367 e. The highest BCUT2D eigenvalue weighted by molar-refractivity contribution is 14.1. The highest BCUT2D eigenvalue weighted by Crippen LogP contribution is 2.11. The molecule has 1 aromatic carbocycles. The first kappa shape index (κ1) is 11.8. The zero-order valence-corrected chi connectivity index (χ0v) is 10.9. The Bertz CT molecular complexity index is 590. The van der Waals surface area contributed by atoms with Crippen LogP contribution in [0, 0.1) is 3.57 Å². The summed E-state index contributed by atoms with van der Waals surface area (Å²) in [6.45, 7) is 0. The number of H-pyrrole nitrogens is 1. The van der Waals surface area contributed by atoms with E-state index in [-0.39, 0.29) is 11.0 Å². The van der Waals surface area contributed by atoms with Crippen molar-refractivity contribution in [3.8, 4) is 0 Å². The van der Waals surface area contributed by atoms with E-state index < -0.39 is 5.91 Å². The molecule has 4 nitrogen and oxygen atoms in total. The normalized spacial score (nSPS) is 9.94. The molecule has 17 heavy (non-hydrogen) atoms. The average molecular weight is 340 g/mol. The molecule has 0 saturated carbocycles. The van der Waals surface area contributed by atoms with Crippen LogP contribution in [-0.2, 0) is 0 Å². The van der Waals surface area contributed by atoms with Crippen molar-refractivity contribution in [2.75, 3.05) is 5.32 Å². The molecular weight excluding hydrogens is 331 g/mol. The summed E-state index contributed by atoms with van der Waals surface area (Å²) in [5.41, 5.74) is 0.469. The lowest BCUT2D eigenvalue weighted by molar-refractivity contribution is 0.102. The quantitative estimate of drug-likeness (QED) is 0.824. The van der Waals surface area contributed by atoms with Crippen LogP contribution < -0.4 is 10.7 Å². The van der Waals surface area contributed by atoms with Crippen LogP contribution >= 0.6 is 22.6 Å². The van der Waals surface area contributed by atoms with Gasteiger partial charge in [-0.25, -0.2) is 0 Å². The minimum atomic E-state index is -0.409.